The zero-order valence-corrected chi connectivity index (χ0v) is 13.1. The van der Waals surface area contributed by atoms with Crippen LogP contribution >= 0.6 is 0 Å². The number of amides is 2. The fraction of sp³-hybridized carbons (Fsp3) is 0.438. The first-order valence-electron chi connectivity index (χ1n) is 7.77. The molecule has 1 aliphatic heterocycles. The Morgan fingerprint density at radius 1 is 1.48 bits per heavy atom. The molecule has 2 amide bonds. The Hall–Kier alpha value is -2.41. The fourth-order valence-electron chi connectivity index (χ4n) is 2.63. The molecule has 122 valence electrons. The van der Waals surface area contributed by atoms with Gasteiger partial charge in [0, 0.05) is 38.2 Å². The molecule has 0 radical (unpaired) electrons. The Balaban J connectivity index is 1.58. The Labute approximate surface area is 135 Å². The van der Waals surface area contributed by atoms with Gasteiger partial charge >= 0.3 is 6.03 Å². The standard InChI is InChI=1S/C16H21N5O2/c1-12-3-6-20(10-14(12)22)16(23)19-9-13-2-4-18-15(8-13)21-7-5-17-11-21/h2,4-5,7-8,11-12,14,22H,3,6,9-10H2,1H3,(H,19,23). The van der Waals surface area contributed by atoms with E-state index in [-0.39, 0.29) is 11.9 Å². The smallest absolute Gasteiger partial charge is 0.317 e. The first kappa shape index (κ1) is 15.5. The maximum Gasteiger partial charge on any atom is 0.317 e. The zero-order valence-electron chi connectivity index (χ0n) is 13.1. The van der Waals surface area contributed by atoms with Crippen molar-refractivity contribution in [2.75, 3.05) is 13.1 Å². The number of hydrogen-bond donors (Lipinski definition) is 2. The lowest BCUT2D eigenvalue weighted by Crippen LogP contribution is -2.49. The van der Waals surface area contributed by atoms with Crippen LogP contribution in [0.25, 0.3) is 5.82 Å². The highest BCUT2D eigenvalue weighted by atomic mass is 16.3. The van der Waals surface area contributed by atoms with Gasteiger partial charge in [-0.15, -0.1) is 0 Å². The summed E-state index contributed by atoms with van der Waals surface area (Å²) >= 11 is 0. The summed E-state index contributed by atoms with van der Waals surface area (Å²) in [7, 11) is 0. The molecule has 1 fully saturated rings. The van der Waals surface area contributed by atoms with E-state index < -0.39 is 6.10 Å². The zero-order chi connectivity index (χ0) is 16.2. The Morgan fingerprint density at radius 3 is 3.09 bits per heavy atom. The molecule has 2 atom stereocenters. The number of nitrogens with zero attached hydrogens (tertiary/aromatic N) is 4. The molecule has 0 spiro atoms. The summed E-state index contributed by atoms with van der Waals surface area (Å²) in [5.41, 5.74) is 0.961. The number of piperidine rings is 1. The summed E-state index contributed by atoms with van der Waals surface area (Å²) < 4.78 is 1.81. The van der Waals surface area contributed by atoms with E-state index in [0.29, 0.717) is 19.6 Å². The number of rotatable bonds is 3. The summed E-state index contributed by atoms with van der Waals surface area (Å²) in [5, 5.41) is 12.8. The van der Waals surface area contributed by atoms with Gasteiger partial charge in [-0.05, 0) is 30.0 Å². The SMILES string of the molecule is CC1CCN(C(=O)NCc2ccnc(-n3ccnc3)c2)CC1O. The van der Waals surface area contributed by atoms with Crippen LogP contribution in [-0.4, -0.2) is 49.8 Å². The highest BCUT2D eigenvalue weighted by Gasteiger charge is 2.26. The molecule has 3 rings (SSSR count). The lowest BCUT2D eigenvalue weighted by molar-refractivity contribution is 0.0435. The second-order valence-electron chi connectivity index (χ2n) is 5.93. The number of aliphatic hydroxyl groups is 1. The third-order valence-electron chi connectivity index (χ3n) is 4.23. The summed E-state index contributed by atoms with van der Waals surface area (Å²) in [6, 6.07) is 3.64. The van der Waals surface area contributed by atoms with E-state index in [1.807, 2.05) is 29.8 Å². The predicted molar refractivity (Wildman–Crippen MR) is 85.0 cm³/mol. The van der Waals surface area contributed by atoms with E-state index >= 15 is 0 Å². The van der Waals surface area contributed by atoms with Gasteiger partial charge in [-0.3, -0.25) is 4.57 Å². The largest absolute Gasteiger partial charge is 0.391 e. The van der Waals surface area contributed by atoms with E-state index in [9.17, 15) is 9.90 Å². The molecule has 7 heteroatoms. The van der Waals surface area contributed by atoms with Crippen LogP contribution in [0.4, 0.5) is 4.79 Å². The minimum Gasteiger partial charge on any atom is -0.391 e. The molecule has 2 aromatic rings. The van der Waals surface area contributed by atoms with E-state index in [2.05, 4.69) is 15.3 Å². The second-order valence-corrected chi connectivity index (χ2v) is 5.93. The lowest BCUT2D eigenvalue weighted by atomic mass is 9.96. The molecule has 2 aromatic heterocycles. The lowest BCUT2D eigenvalue weighted by Gasteiger charge is -2.34. The summed E-state index contributed by atoms with van der Waals surface area (Å²) in [6.45, 7) is 3.50. The first-order valence-corrected chi connectivity index (χ1v) is 7.77. The van der Waals surface area contributed by atoms with Crippen LogP contribution in [0.15, 0.2) is 37.1 Å². The third-order valence-corrected chi connectivity index (χ3v) is 4.23. The van der Waals surface area contributed by atoms with Crippen LogP contribution in [0, 0.1) is 5.92 Å². The molecular formula is C16H21N5O2. The van der Waals surface area contributed by atoms with Gasteiger partial charge in [-0.2, -0.15) is 0 Å². The molecule has 1 aliphatic rings. The molecule has 2 N–H and O–H groups in total. The second kappa shape index (κ2) is 6.78. The van der Waals surface area contributed by atoms with Crippen molar-refractivity contribution in [2.24, 2.45) is 5.92 Å². The molecule has 0 aliphatic carbocycles. The van der Waals surface area contributed by atoms with Gasteiger partial charge < -0.3 is 15.3 Å². The van der Waals surface area contributed by atoms with Gasteiger partial charge in [0.05, 0.1) is 6.10 Å². The molecule has 2 unspecified atom stereocenters. The van der Waals surface area contributed by atoms with Crippen LogP contribution in [-0.2, 0) is 6.54 Å². The number of aromatic nitrogens is 3. The maximum absolute atomic E-state index is 12.2. The highest BCUT2D eigenvalue weighted by Crippen LogP contribution is 2.17. The number of carbonyl (C=O) groups excluding carboxylic acids is 1. The van der Waals surface area contributed by atoms with E-state index in [1.54, 1.807) is 23.6 Å². The number of imidazole rings is 1. The highest BCUT2D eigenvalue weighted by molar-refractivity contribution is 5.74. The van der Waals surface area contributed by atoms with Crippen LogP contribution in [0.5, 0.6) is 0 Å². The van der Waals surface area contributed by atoms with Gasteiger partial charge in [0.15, 0.2) is 0 Å². The van der Waals surface area contributed by atoms with Crippen molar-refractivity contribution in [1.82, 2.24) is 24.8 Å². The minimum absolute atomic E-state index is 0.142. The molecule has 1 saturated heterocycles. The Morgan fingerprint density at radius 2 is 2.35 bits per heavy atom. The Kier molecular flexibility index (Phi) is 4.57. The van der Waals surface area contributed by atoms with E-state index in [0.717, 1.165) is 17.8 Å². The van der Waals surface area contributed by atoms with Gasteiger partial charge in [0.25, 0.3) is 0 Å². The van der Waals surface area contributed by atoms with E-state index in [1.165, 1.54) is 0 Å². The number of carbonyl (C=O) groups is 1. The van der Waals surface area contributed by atoms with Crippen LogP contribution in [0.1, 0.15) is 18.9 Å². The van der Waals surface area contributed by atoms with Crippen LogP contribution in [0.2, 0.25) is 0 Å². The predicted octanol–water partition coefficient (Wildman–Crippen LogP) is 1.18. The number of β-amino-alcohol motifs (C(OH)–C–C–N with tert-alkyl or cyclic N) is 1. The van der Waals surface area contributed by atoms with Crippen molar-refractivity contribution in [2.45, 2.75) is 26.0 Å². The minimum atomic E-state index is -0.441. The van der Waals surface area contributed by atoms with Gasteiger partial charge in [-0.25, -0.2) is 14.8 Å². The van der Waals surface area contributed by atoms with Crippen molar-refractivity contribution in [3.05, 3.63) is 42.6 Å². The summed E-state index contributed by atoms with van der Waals surface area (Å²) in [5.74, 6) is 1.01. The number of hydrogen-bond acceptors (Lipinski definition) is 4. The molecule has 3 heterocycles. The average Bonchev–Trinajstić information content (AvgIpc) is 3.10. The molecule has 23 heavy (non-hydrogen) atoms. The number of pyridine rings is 1. The number of aliphatic hydroxyl groups excluding tert-OH is 1. The monoisotopic (exact) mass is 315 g/mol. The van der Waals surface area contributed by atoms with Gasteiger partial charge in [0.1, 0.15) is 12.1 Å². The number of nitrogens with one attached hydrogen (secondary N) is 1. The quantitative estimate of drug-likeness (QED) is 0.891. The molecule has 0 bridgehead atoms. The first-order chi connectivity index (χ1) is 11.1. The fourth-order valence-corrected chi connectivity index (χ4v) is 2.63. The molecular weight excluding hydrogens is 294 g/mol. The normalized spacial score (nSPS) is 21.2. The van der Waals surface area contributed by atoms with Gasteiger partial charge in [0.2, 0.25) is 0 Å². The third kappa shape index (κ3) is 3.68. The Bertz CT molecular complexity index is 658. The van der Waals surface area contributed by atoms with Crippen LogP contribution in [0.3, 0.4) is 0 Å². The number of urea groups is 1. The molecule has 0 saturated carbocycles. The van der Waals surface area contributed by atoms with Crippen molar-refractivity contribution in [3.8, 4) is 5.82 Å². The van der Waals surface area contributed by atoms with Gasteiger partial charge in [-0.1, -0.05) is 6.92 Å². The summed E-state index contributed by atoms with van der Waals surface area (Å²) in [6.07, 6.45) is 7.29. The molecule has 0 aromatic carbocycles. The van der Waals surface area contributed by atoms with Crippen LogP contribution < -0.4 is 5.32 Å². The maximum atomic E-state index is 12.2. The average molecular weight is 315 g/mol. The topological polar surface area (TPSA) is 83.3 Å². The van der Waals surface area contributed by atoms with Crippen molar-refractivity contribution in [3.63, 3.8) is 0 Å². The van der Waals surface area contributed by atoms with E-state index in [4.69, 9.17) is 0 Å². The van der Waals surface area contributed by atoms with Crippen molar-refractivity contribution in [1.29, 1.82) is 0 Å². The summed E-state index contributed by atoms with van der Waals surface area (Å²) in [4.78, 5) is 22.2. The van der Waals surface area contributed by atoms with Crippen molar-refractivity contribution < 1.29 is 9.90 Å². The molecule has 7 nitrogen and oxygen atoms in total. The number of likely N-dealkylation sites (tertiary alicyclic amines) is 1. The van der Waals surface area contributed by atoms with Crippen molar-refractivity contribution >= 4 is 6.03 Å².